The number of rotatable bonds is 4. The number of alkyl halides is 2. The molecule has 3 rings (SSSR count). The third-order valence-corrected chi connectivity index (χ3v) is 5.39. The van der Waals surface area contributed by atoms with Crippen LogP contribution in [-0.2, 0) is 16.8 Å². The van der Waals surface area contributed by atoms with Crippen molar-refractivity contribution in [3.8, 4) is 0 Å². The Balaban J connectivity index is 1.99. The van der Waals surface area contributed by atoms with Crippen LogP contribution >= 0.6 is 24.0 Å². The second kappa shape index (κ2) is 6.56. The Hall–Kier alpha value is -1.69. The largest absolute Gasteiger partial charge is 0.589 e. The molecule has 0 bridgehead atoms. The molecule has 0 amide bonds. The van der Waals surface area contributed by atoms with Gasteiger partial charge in [0.2, 0.25) is 0 Å². The van der Waals surface area contributed by atoms with Gasteiger partial charge in [0.15, 0.2) is 0 Å². The number of aryl methyl sites for hydroxylation is 1. The minimum absolute atomic E-state index is 0.0626. The van der Waals surface area contributed by atoms with E-state index in [4.69, 9.17) is 4.89 Å². The Labute approximate surface area is 151 Å². The second-order valence-electron chi connectivity index (χ2n) is 5.70. The summed E-state index contributed by atoms with van der Waals surface area (Å²) >= 11 is 3.05. The number of benzene rings is 2. The summed E-state index contributed by atoms with van der Waals surface area (Å²) < 4.78 is 53.7. The molecular weight excluding hydrogens is 418 g/mol. The molecule has 0 aliphatic heterocycles. The number of aromatic nitrogens is 1. The quantitative estimate of drug-likeness (QED) is 0.540. The molecule has 1 N–H and O–H groups in total. The minimum atomic E-state index is -3.82. The predicted octanol–water partition coefficient (Wildman–Crippen LogP) is 5.68. The van der Waals surface area contributed by atoms with E-state index in [9.17, 15) is 17.7 Å². The minimum Gasteiger partial charge on any atom is -0.340 e. The van der Waals surface area contributed by atoms with E-state index in [1.807, 2.05) is 17.6 Å². The number of halogens is 4. The summed E-state index contributed by atoms with van der Waals surface area (Å²) in [5, 5.41) is 0.761. The highest BCUT2D eigenvalue weighted by atomic mass is 79.9. The van der Waals surface area contributed by atoms with Crippen molar-refractivity contribution in [1.82, 2.24) is 4.57 Å². The smallest absolute Gasteiger partial charge is 0.340 e. The van der Waals surface area contributed by atoms with Crippen molar-refractivity contribution in [2.45, 2.75) is 19.1 Å². The molecule has 8 heteroatoms. The van der Waals surface area contributed by atoms with E-state index in [0.29, 0.717) is 6.54 Å². The second-order valence-corrected chi connectivity index (χ2v) is 7.67. The lowest BCUT2D eigenvalue weighted by atomic mass is 10.1. The highest BCUT2D eigenvalue weighted by molar-refractivity contribution is 9.10. The van der Waals surface area contributed by atoms with E-state index in [1.165, 1.54) is 24.3 Å². The summed E-state index contributed by atoms with van der Waals surface area (Å²) in [5.74, 6) is -0.322. The Morgan fingerprint density at radius 1 is 1.20 bits per heavy atom. The Morgan fingerprint density at radius 2 is 1.92 bits per heavy atom. The summed E-state index contributed by atoms with van der Waals surface area (Å²) in [7, 11) is -3.67. The first-order valence-electron chi connectivity index (χ1n) is 7.28. The fraction of sp³-hybridized carbons (Fsp3) is 0.176. The van der Waals surface area contributed by atoms with Crippen LogP contribution in [0.15, 0.2) is 46.9 Å². The number of hydrogen-bond donors (Lipinski definition) is 1. The van der Waals surface area contributed by atoms with E-state index < -0.39 is 19.3 Å². The molecule has 130 valence electrons. The predicted molar refractivity (Wildman–Crippen MR) is 93.6 cm³/mol. The lowest BCUT2D eigenvalue weighted by molar-refractivity contribution is 0.0807. The first-order chi connectivity index (χ1) is 11.7. The summed E-state index contributed by atoms with van der Waals surface area (Å²) in [6.07, 6.45) is 0. The third-order valence-electron chi connectivity index (χ3n) is 4.01. The lowest BCUT2D eigenvalue weighted by Gasteiger charge is -2.11. The van der Waals surface area contributed by atoms with Crippen molar-refractivity contribution in [3.63, 3.8) is 0 Å². The topological polar surface area (TPSA) is 42.2 Å². The highest BCUT2D eigenvalue weighted by Gasteiger charge is 2.54. The lowest BCUT2D eigenvalue weighted by Crippen LogP contribution is -2.09. The summed E-state index contributed by atoms with van der Waals surface area (Å²) in [4.78, 5) is 8.82. The van der Waals surface area contributed by atoms with Gasteiger partial charge >= 0.3 is 13.7 Å². The molecule has 1 heterocycles. The van der Waals surface area contributed by atoms with E-state index in [2.05, 4.69) is 15.9 Å². The van der Waals surface area contributed by atoms with Gasteiger partial charge in [-0.25, -0.2) is 4.39 Å². The van der Waals surface area contributed by atoms with Crippen molar-refractivity contribution >= 4 is 34.9 Å². The van der Waals surface area contributed by atoms with Crippen molar-refractivity contribution in [2.24, 2.45) is 0 Å². The van der Waals surface area contributed by atoms with Gasteiger partial charge in [-0.05, 0) is 53.5 Å². The molecule has 25 heavy (non-hydrogen) atoms. The molecule has 3 aromatic rings. The standard InChI is InChI=1S/C17H12BrF3NO2P/c1-10-6-12-8-13(19)3-5-16(12)22(10)9-11-2-4-14(15(18)7-11)17(20,21)25(23)24/h2-8H,9H2,1H3/p+1. The summed E-state index contributed by atoms with van der Waals surface area (Å²) in [6.45, 7) is 2.28. The van der Waals surface area contributed by atoms with Crippen LogP contribution < -0.4 is 0 Å². The van der Waals surface area contributed by atoms with Crippen molar-refractivity contribution in [3.05, 3.63) is 69.6 Å². The van der Waals surface area contributed by atoms with Gasteiger partial charge in [0.1, 0.15) is 5.82 Å². The molecule has 1 unspecified atom stereocenters. The van der Waals surface area contributed by atoms with Gasteiger partial charge < -0.3 is 4.57 Å². The van der Waals surface area contributed by atoms with E-state index in [-0.39, 0.29) is 10.3 Å². The average molecular weight is 431 g/mol. The molecule has 0 aliphatic rings. The highest BCUT2D eigenvalue weighted by Crippen LogP contribution is 2.49. The first kappa shape index (κ1) is 18.1. The molecule has 0 radical (unpaired) electrons. The molecule has 0 aliphatic carbocycles. The zero-order valence-electron chi connectivity index (χ0n) is 13.0. The third kappa shape index (κ3) is 3.36. The molecule has 1 aromatic heterocycles. The van der Waals surface area contributed by atoms with Crippen LogP contribution in [0.25, 0.3) is 10.9 Å². The molecule has 0 saturated carbocycles. The molecule has 3 nitrogen and oxygen atoms in total. The van der Waals surface area contributed by atoms with Gasteiger partial charge in [-0.2, -0.15) is 4.89 Å². The maximum Gasteiger partial charge on any atom is 0.589 e. The van der Waals surface area contributed by atoms with Crippen LogP contribution in [0.3, 0.4) is 0 Å². The Morgan fingerprint density at radius 3 is 2.56 bits per heavy atom. The maximum atomic E-state index is 13.8. The van der Waals surface area contributed by atoms with E-state index in [1.54, 1.807) is 6.07 Å². The Kier molecular flexibility index (Phi) is 4.75. The zero-order valence-corrected chi connectivity index (χ0v) is 15.5. The van der Waals surface area contributed by atoms with Gasteiger partial charge in [0, 0.05) is 27.6 Å². The van der Waals surface area contributed by atoms with Gasteiger partial charge in [0.05, 0.1) is 5.56 Å². The fourth-order valence-corrected chi connectivity index (χ4v) is 4.01. The Bertz CT molecular complexity index is 987. The number of nitrogens with zero attached hydrogens (tertiary/aromatic N) is 1. The van der Waals surface area contributed by atoms with Crippen LogP contribution in [0.5, 0.6) is 0 Å². The van der Waals surface area contributed by atoms with Crippen LogP contribution in [-0.4, -0.2) is 9.46 Å². The molecule has 2 aromatic carbocycles. The normalized spacial score (nSPS) is 12.6. The first-order valence-corrected chi connectivity index (χ1v) is 9.29. The van der Waals surface area contributed by atoms with E-state index >= 15 is 0 Å². The molecule has 1 atom stereocenters. The van der Waals surface area contributed by atoms with Crippen LogP contribution in [0.4, 0.5) is 13.2 Å². The summed E-state index contributed by atoms with van der Waals surface area (Å²) in [5.41, 5.74) is -1.88. The van der Waals surface area contributed by atoms with Gasteiger partial charge in [-0.3, -0.25) is 0 Å². The average Bonchev–Trinajstić information content (AvgIpc) is 2.82. The molecule has 0 fully saturated rings. The van der Waals surface area contributed by atoms with Crippen molar-refractivity contribution in [1.29, 1.82) is 0 Å². The van der Waals surface area contributed by atoms with Crippen molar-refractivity contribution < 1.29 is 22.6 Å². The van der Waals surface area contributed by atoms with Gasteiger partial charge in [-0.15, -0.1) is 8.78 Å². The molecular formula is C17H13BrF3NO2P+. The molecule has 0 saturated heterocycles. The van der Waals surface area contributed by atoms with Crippen molar-refractivity contribution in [2.75, 3.05) is 0 Å². The number of hydrogen-bond acceptors (Lipinski definition) is 1. The van der Waals surface area contributed by atoms with Gasteiger partial charge in [-0.1, -0.05) is 22.0 Å². The monoisotopic (exact) mass is 430 g/mol. The number of fused-ring (bicyclic) bond motifs is 1. The van der Waals surface area contributed by atoms with Crippen LogP contribution in [0.1, 0.15) is 16.8 Å². The van der Waals surface area contributed by atoms with E-state index in [0.717, 1.165) is 28.2 Å². The maximum absolute atomic E-state index is 13.8. The SMILES string of the molecule is Cc1cc2cc(F)ccc2n1Cc1ccc(C(F)(F)[P+](=O)O)c(Br)c1. The summed E-state index contributed by atoms with van der Waals surface area (Å²) in [6, 6.07) is 10.5. The molecule has 0 spiro atoms. The fourth-order valence-electron chi connectivity index (χ4n) is 2.78. The van der Waals surface area contributed by atoms with Crippen LogP contribution in [0, 0.1) is 12.7 Å². The van der Waals surface area contributed by atoms with Crippen LogP contribution in [0.2, 0.25) is 0 Å². The zero-order chi connectivity index (χ0) is 18.4. The van der Waals surface area contributed by atoms with Gasteiger partial charge in [0.25, 0.3) is 0 Å².